The topological polar surface area (TPSA) is 173 Å². The summed E-state index contributed by atoms with van der Waals surface area (Å²) >= 11 is 0. The lowest BCUT2D eigenvalue weighted by atomic mass is 9.98. The molecule has 3 aromatic carbocycles. The van der Waals surface area contributed by atoms with Crippen molar-refractivity contribution in [3.05, 3.63) is 95.6 Å². The largest absolute Gasteiger partial charge is 0.449 e. The van der Waals surface area contributed by atoms with E-state index >= 15 is 0 Å². The van der Waals surface area contributed by atoms with Gasteiger partial charge in [-0.15, -0.1) is 0 Å². The molecule has 0 heterocycles. The maximum atomic E-state index is 13.8. The van der Waals surface area contributed by atoms with Crippen LogP contribution in [0, 0.1) is 5.92 Å². The zero-order valence-corrected chi connectivity index (χ0v) is 35.7. The lowest BCUT2D eigenvalue weighted by Gasteiger charge is -2.29. The number of alkyl carbamates (subject to hydrolysis) is 1. The average molecular weight is 814 g/mol. The predicted molar refractivity (Wildman–Crippen MR) is 228 cm³/mol. The Kier molecular flexibility index (Phi) is 17.5. The normalized spacial score (nSPS) is 13.4. The fourth-order valence-corrected chi connectivity index (χ4v) is 6.92. The van der Waals surface area contributed by atoms with Crippen molar-refractivity contribution in [2.24, 2.45) is 5.92 Å². The van der Waals surface area contributed by atoms with Gasteiger partial charge in [-0.3, -0.25) is 19.2 Å². The Labute approximate surface area is 349 Å². The monoisotopic (exact) mass is 813 g/mol. The number of rotatable bonds is 23. The molecular formula is C46H63N5O8. The highest BCUT2D eigenvalue weighted by Crippen LogP contribution is 2.44. The minimum Gasteiger partial charge on any atom is -0.449 e. The number of benzene rings is 3. The van der Waals surface area contributed by atoms with Gasteiger partial charge in [0.1, 0.15) is 25.2 Å². The fraction of sp³-hybridized carbons (Fsp3) is 0.500. The molecule has 0 spiro atoms. The number of hydrogen-bond donors (Lipinski definition) is 5. The van der Waals surface area contributed by atoms with Crippen LogP contribution in [0.5, 0.6) is 0 Å². The van der Waals surface area contributed by atoms with Gasteiger partial charge < -0.3 is 40.8 Å². The Morgan fingerprint density at radius 3 is 1.92 bits per heavy atom. The predicted octanol–water partition coefficient (Wildman–Crippen LogP) is 5.41. The van der Waals surface area contributed by atoms with E-state index in [1.54, 1.807) is 7.11 Å². The molecule has 320 valence electrons. The van der Waals surface area contributed by atoms with Gasteiger partial charge in [-0.1, -0.05) is 92.7 Å². The molecule has 0 saturated carbocycles. The van der Waals surface area contributed by atoms with Crippen molar-refractivity contribution in [1.82, 2.24) is 26.6 Å². The van der Waals surface area contributed by atoms with E-state index < -0.39 is 42.4 Å². The number of fused-ring (bicyclic) bond motifs is 3. The SMILES string of the molecule is COC(C)(C)CCOC(C)(C)CCCNC(=O)CNC(=O)C(CC(C)C)NC(=O)C(Cc1ccccc1)NC(=O)CNC(=O)OCC1c2ccccc2-c2ccccc21. The van der Waals surface area contributed by atoms with Gasteiger partial charge in [-0.2, -0.15) is 0 Å². The molecule has 1 aliphatic carbocycles. The van der Waals surface area contributed by atoms with Crippen LogP contribution >= 0.6 is 0 Å². The van der Waals surface area contributed by atoms with E-state index in [9.17, 15) is 24.0 Å². The number of amides is 5. The van der Waals surface area contributed by atoms with Crippen molar-refractivity contribution < 1.29 is 38.2 Å². The van der Waals surface area contributed by atoms with Gasteiger partial charge in [0.2, 0.25) is 23.6 Å². The third-order valence-electron chi connectivity index (χ3n) is 10.5. The van der Waals surface area contributed by atoms with Crippen LogP contribution in [0.2, 0.25) is 0 Å². The van der Waals surface area contributed by atoms with Crippen LogP contribution in [0.1, 0.15) is 89.8 Å². The minimum absolute atomic E-state index is 0.0228. The van der Waals surface area contributed by atoms with Crippen LogP contribution < -0.4 is 26.6 Å². The van der Waals surface area contributed by atoms with Gasteiger partial charge in [0.05, 0.1) is 24.4 Å². The van der Waals surface area contributed by atoms with Gasteiger partial charge in [0.25, 0.3) is 0 Å². The summed E-state index contributed by atoms with van der Waals surface area (Å²) in [5.41, 5.74) is 4.48. The van der Waals surface area contributed by atoms with Crippen molar-refractivity contribution in [3.63, 3.8) is 0 Å². The van der Waals surface area contributed by atoms with Crippen LogP contribution in [0.25, 0.3) is 11.1 Å². The zero-order chi connectivity index (χ0) is 43.0. The fourth-order valence-electron chi connectivity index (χ4n) is 6.92. The van der Waals surface area contributed by atoms with Crippen LogP contribution in [-0.4, -0.2) is 93.0 Å². The number of methoxy groups -OCH3 is 1. The lowest BCUT2D eigenvalue weighted by molar-refractivity contribution is -0.132. The molecule has 2 unspecified atom stereocenters. The first-order valence-electron chi connectivity index (χ1n) is 20.5. The highest BCUT2D eigenvalue weighted by Gasteiger charge is 2.30. The lowest BCUT2D eigenvalue weighted by Crippen LogP contribution is -2.56. The van der Waals surface area contributed by atoms with Crippen molar-refractivity contribution in [2.45, 2.75) is 103 Å². The van der Waals surface area contributed by atoms with Crippen LogP contribution in [-0.2, 0) is 39.8 Å². The summed E-state index contributed by atoms with van der Waals surface area (Å²) in [6.07, 6.45) is 1.83. The van der Waals surface area contributed by atoms with Gasteiger partial charge in [0, 0.05) is 26.0 Å². The quantitative estimate of drug-likeness (QED) is 0.0792. The molecule has 0 saturated heterocycles. The molecule has 59 heavy (non-hydrogen) atoms. The van der Waals surface area contributed by atoms with Gasteiger partial charge in [-0.05, 0) is 87.1 Å². The third-order valence-corrected chi connectivity index (χ3v) is 10.5. The molecule has 0 bridgehead atoms. The third kappa shape index (κ3) is 15.1. The maximum Gasteiger partial charge on any atom is 0.407 e. The Hall–Kier alpha value is -5.27. The first kappa shape index (κ1) is 46.4. The molecule has 0 radical (unpaired) electrons. The Bertz CT molecular complexity index is 1820. The van der Waals surface area contributed by atoms with E-state index in [1.807, 2.05) is 120 Å². The summed E-state index contributed by atoms with van der Waals surface area (Å²) in [6.45, 7) is 12.2. The maximum absolute atomic E-state index is 13.8. The molecule has 0 aliphatic heterocycles. The number of ether oxygens (including phenoxy) is 3. The summed E-state index contributed by atoms with van der Waals surface area (Å²) in [7, 11) is 1.68. The molecular weight excluding hydrogens is 751 g/mol. The van der Waals surface area contributed by atoms with Gasteiger partial charge in [0.15, 0.2) is 0 Å². The van der Waals surface area contributed by atoms with E-state index in [4.69, 9.17) is 14.2 Å². The van der Waals surface area contributed by atoms with Crippen molar-refractivity contribution in [2.75, 3.05) is 40.0 Å². The Morgan fingerprint density at radius 2 is 1.29 bits per heavy atom. The summed E-state index contributed by atoms with van der Waals surface area (Å²) < 4.78 is 17.1. The number of carbonyl (C=O) groups is 5. The highest BCUT2D eigenvalue weighted by atomic mass is 16.5. The first-order valence-corrected chi connectivity index (χ1v) is 20.5. The van der Waals surface area contributed by atoms with E-state index in [1.165, 1.54) is 0 Å². The molecule has 13 heteroatoms. The van der Waals surface area contributed by atoms with Crippen LogP contribution in [0.3, 0.4) is 0 Å². The van der Waals surface area contributed by atoms with Gasteiger partial charge in [-0.25, -0.2) is 4.79 Å². The molecule has 3 aromatic rings. The molecule has 4 rings (SSSR count). The average Bonchev–Trinajstić information content (AvgIpc) is 3.52. The molecule has 5 N–H and O–H groups in total. The highest BCUT2D eigenvalue weighted by molar-refractivity contribution is 5.94. The summed E-state index contributed by atoms with van der Waals surface area (Å²) in [5.74, 6) is -2.18. The molecule has 5 amide bonds. The van der Waals surface area contributed by atoms with Crippen molar-refractivity contribution in [1.29, 1.82) is 0 Å². The second-order valence-corrected chi connectivity index (χ2v) is 16.7. The summed E-state index contributed by atoms with van der Waals surface area (Å²) in [6, 6.07) is 23.1. The number of carbonyl (C=O) groups excluding carboxylic acids is 5. The number of hydrogen-bond acceptors (Lipinski definition) is 8. The molecule has 13 nitrogen and oxygen atoms in total. The summed E-state index contributed by atoms with van der Waals surface area (Å²) in [5, 5.41) is 13.5. The van der Waals surface area contributed by atoms with E-state index in [0.717, 1.165) is 40.7 Å². The van der Waals surface area contributed by atoms with Crippen LogP contribution in [0.15, 0.2) is 78.9 Å². The Morgan fingerprint density at radius 1 is 0.678 bits per heavy atom. The molecule has 0 aromatic heterocycles. The van der Waals surface area contributed by atoms with Gasteiger partial charge >= 0.3 is 6.09 Å². The first-order chi connectivity index (χ1) is 28.1. The molecule has 2 atom stereocenters. The Balaban J connectivity index is 1.26. The molecule has 1 aliphatic rings. The number of nitrogens with one attached hydrogen (secondary N) is 5. The second kappa shape index (κ2) is 22.2. The van der Waals surface area contributed by atoms with Crippen molar-refractivity contribution in [3.8, 4) is 11.1 Å². The minimum atomic E-state index is -1.07. The van der Waals surface area contributed by atoms with Crippen LogP contribution in [0.4, 0.5) is 4.79 Å². The second-order valence-electron chi connectivity index (χ2n) is 16.7. The van der Waals surface area contributed by atoms with E-state index in [0.29, 0.717) is 26.0 Å². The van der Waals surface area contributed by atoms with E-state index in [-0.39, 0.29) is 48.5 Å². The van der Waals surface area contributed by atoms with E-state index in [2.05, 4.69) is 26.6 Å². The van der Waals surface area contributed by atoms with Crippen molar-refractivity contribution >= 4 is 29.7 Å². The smallest absolute Gasteiger partial charge is 0.407 e. The standard InChI is InChI=1S/C46H63N5O8/c1-31(2)26-38(42(54)48-28-40(52)47-24-15-22-46(5,6)59-25-23-45(3,4)57-7)51-43(55)39(27-32-16-9-8-10-17-32)50-41(53)29-49-44(56)58-30-37-35-20-13-11-18-33(35)34-19-12-14-21-36(34)37/h8-14,16-21,31,37-39H,15,22-30H2,1-7H3,(H,47,52)(H,48,54)(H,49,56)(H,50,53)(H,51,55). The summed E-state index contributed by atoms with van der Waals surface area (Å²) in [4.78, 5) is 65.8. The zero-order valence-electron chi connectivity index (χ0n) is 35.7. The molecule has 0 fully saturated rings.